The molecule has 1 heteroatoms. The van der Waals surface area contributed by atoms with E-state index in [2.05, 4.69) is 19.9 Å². The van der Waals surface area contributed by atoms with Crippen LogP contribution in [-0.2, 0) is 4.79 Å². The van der Waals surface area contributed by atoms with Gasteiger partial charge in [-0.15, -0.1) is 0 Å². The van der Waals surface area contributed by atoms with Crippen molar-refractivity contribution in [2.75, 3.05) is 0 Å². The van der Waals surface area contributed by atoms with Gasteiger partial charge in [0, 0.05) is 6.42 Å². The molecule has 0 saturated heterocycles. The van der Waals surface area contributed by atoms with Crippen LogP contribution >= 0.6 is 0 Å². The molecule has 1 aliphatic rings. The van der Waals surface area contributed by atoms with Crippen molar-refractivity contribution in [3.63, 3.8) is 0 Å². The van der Waals surface area contributed by atoms with Crippen molar-refractivity contribution >= 4 is 5.78 Å². The fraction of sp³-hybridized carbons (Fsp3) is 0.545. The van der Waals surface area contributed by atoms with Gasteiger partial charge in [-0.2, -0.15) is 0 Å². The standard InChI is InChI=1S/C11H16O/c1-3-5-9(2)8-10-6-4-7-11(10)12/h5,8H,3-4,6-7H2,1-2H3/b9-5-,10-8+. The zero-order chi connectivity index (χ0) is 8.97. The molecular formula is C11H16O. The van der Waals surface area contributed by atoms with Gasteiger partial charge in [-0.25, -0.2) is 0 Å². The van der Waals surface area contributed by atoms with Gasteiger partial charge in [-0.05, 0) is 31.8 Å². The predicted octanol–water partition coefficient (Wildman–Crippen LogP) is 3.02. The minimum Gasteiger partial charge on any atom is -0.295 e. The first-order valence-electron chi connectivity index (χ1n) is 4.64. The average molecular weight is 164 g/mol. The summed E-state index contributed by atoms with van der Waals surface area (Å²) >= 11 is 0. The molecule has 0 aromatic rings. The molecule has 1 aliphatic carbocycles. The number of rotatable bonds is 2. The van der Waals surface area contributed by atoms with Gasteiger partial charge in [0.25, 0.3) is 0 Å². The van der Waals surface area contributed by atoms with E-state index in [4.69, 9.17) is 0 Å². The lowest BCUT2D eigenvalue weighted by molar-refractivity contribution is -0.114. The first-order chi connectivity index (χ1) is 5.74. The van der Waals surface area contributed by atoms with Crippen LogP contribution in [0.1, 0.15) is 39.5 Å². The zero-order valence-electron chi connectivity index (χ0n) is 7.89. The lowest BCUT2D eigenvalue weighted by atomic mass is 10.1. The summed E-state index contributed by atoms with van der Waals surface area (Å²) < 4.78 is 0. The number of Topliss-reactive ketones (excluding diaryl/α,β-unsaturated/α-hetero) is 1. The summed E-state index contributed by atoms with van der Waals surface area (Å²) in [6.07, 6.45) is 8.02. The molecule has 0 aromatic heterocycles. The Morgan fingerprint density at radius 1 is 1.50 bits per heavy atom. The average Bonchev–Trinajstić information content (AvgIpc) is 2.37. The SMILES string of the molecule is CC/C=C(C)\C=C1/CCCC1=O. The molecule has 0 spiro atoms. The van der Waals surface area contributed by atoms with Crippen LogP contribution in [0.3, 0.4) is 0 Å². The third kappa shape index (κ3) is 2.33. The molecule has 0 aromatic carbocycles. The lowest BCUT2D eigenvalue weighted by Crippen LogP contribution is -1.91. The summed E-state index contributed by atoms with van der Waals surface area (Å²) in [5.41, 5.74) is 2.25. The van der Waals surface area contributed by atoms with E-state index in [1.54, 1.807) is 0 Å². The molecule has 12 heavy (non-hydrogen) atoms. The molecule has 0 aliphatic heterocycles. The Kier molecular flexibility index (Phi) is 3.27. The molecule has 0 radical (unpaired) electrons. The fourth-order valence-corrected chi connectivity index (χ4v) is 1.55. The number of hydrogen-bond acceptors (Lipinski definition) is 1. The maximum Gasteiger partial charge on any atom is 0.158 e. The molecule has 0 bridgehead atoms. The normalized spacial score (nSPS) is 22.3. The van der Waals surface area contributed by atoms with Crippen molar-refractivity contribution in [1.29, 1.82) is 0 Å². The van der Waals surface area contributed by atoms with E-state index in [1.165, 1.54) is 5.57 Å². The molecule has 0 atom stereocenters. The van der Waals surface area contributed by atoms with Gasteiger partial charge in [0.1, 0.15) is 0 Å². The highest BCUT2D eigenvalue weighted by atomic mass is 16.1. The second-order valence-electron chi connectivity index (χ2n) is 3.30. The summed E-state index contributed by atoms with van der Waals surface area (Å²) in [4.78, 5) is 11.2. The Labute approximate surface area is 74.2 Å². The highest BCUT2D eigenvalue weighted by molar-refractivity contribution is 5.97. The second kappa shape index (κ2) is 4.24. The minimum atomic E-state index is 0.346. The van der Waals surface area contributed by atoms with E-state index >= 15 is 0 Å². The lowest BCUT2D eigenvalue weighted by Gasteiger charge is -1.94. The Balaban J connectivity index is 2.67. The van der Waals surface area contributed by atoms with E-state index in [1.807, 2.05) is 6.08 Å². The van der Waals surface area contributed by atoms with Crippen LogP contribution in [0.4, 0.5) is 0 Å². The quantitative estimate of drug-likeness (QED) is 0.573. The zero-order valence-corrected chi connectivity index (χ0v) is 7.89. The fourth-order valence-electron chi connectivity index (χ4n) is 1.55. The Morgan fingerprint density at radius 2 is 2.25 bits per heavy atom. The molecule has 0 heterocycles. The molecule has 1 fully saturated rings. The van der Waals surface area contributed by atoms with E-state index in [9.17, 15) is 4.79 Å². The van der Waals surface area contributed by atoms with Gasteiger partial charge in [0.2, 0.25) is 0 Å². The predicted molar refractivity (Wildman–Crippen MR) is 51.0 cm³/mol. The van der Waals surface area contributed by atoms with Crippen LogP contribution in [-0.4, -0.2) is 5.78 Å². The third-order valence-corrected chi connectivity index (χ3v) is 2.14. The van der Waals surface area contributed by atoms with Gasteiger partial charge in [0.15, 0.2) is 5.78 Å². The van der Waals surface area contributed by atoms with Crippen LogP contribution in [0.15, 0.2) is 23.3 Å². The molecule has 1 nitrogen and oxygen atoms in total. The summed E-state index contributed by atoms with van der Waals surface area (Å²) in [6, 6.07) is 0. The summed E-state index contributed by atoms with van der Waals surface area (Å²) in [5, 5.41) is 0. The van der Waals surface area contributed by atoms with Crippen molar-refractivity contribution in [3.8, 4) is 0 Å². The Hall–Kier alpha value is -0.850. The molecule has 0 amide bonds. The summed E-state index contributed by atoms with van der Waals surface area (Å²) in [5.74, 6) is 0.346. The Morgan fingerprint density at radius 3 is 2.75 bits per heavy atom. The van der Waals surface area contributed by atoms with Crippen molar-refractivity contribution in [3.05, 3.63) is 23.3 Å². The van der Waals surface area contributed by atoms with Crippen LogP contribution in [0.5, 0.6) is 0 Å². The van der Waals surface area contributed by atoms with E-state index in [0.717, 1.165) is 31.3 Å². The first kappa shape index (κ1) is 9.24. The number of carbonyl (C=O) groups is 1. The van der Waals surface area contributed by atoms with Crippen molar-refractivity contribution in [2.24, 2.45) is 0 Å². The van der Waals surface area contributed by atoms with Gasteiger partial charge >= 0.3 is 0 Å². The highest BCUT2D eigenvalue weighted by Crippen LogP contribution is 2.21. The Bertz CT molecular complexity index is 233. The van der Waals surface area contributed by atoms with Crippen molar-refractivity contribution < 1.29 is 4.79 Å². The summed E-state index contributed by atoms with van der Waals surface area (Å²) in [7, 11) is 0. The number of carbonyl (C=O) groups excluding carboxylic acids is 1. The number of hydrogen-bond donors (Lipinski definition) is 0. The molecule has 0 unspecified atom stereocenters. The number of ketones is 1. The number of allylic oxidation sites excluding steroid dienone is 4. The third-order valence-electron chi connectivity index (χ3n) is 2.14. The van der Waals surface area contributed by atoms with E-state index in [0.29, 0.717) is 5.78 Å². The largest absolute Gasteiger partial charge is 0.295 e. The molecule has 66 valence electrons. The van der Waals surface area contributed by atoms with E-state index < -0.39 is 0 Å². The van der Waals surface area contributed by atoms with Gasteiger partial charge < -0.3 is 0 Å². The molecule has 0 N–H and O–H groups in total. The minimum absolute atomic E-state index is 0.346. The molecular weight excluding hydrogens is 148 g/mol. The monoisotopic (exact) mass is 164 g/mol. The van der Waals surface area contributed by atoms with E-state index in [-0.39, 0.29) is 0 Å². The van der Waals surface area contributed by atoms with Crippen molar-refractivity contribution in [2.45, 2.75) is 39.5 Å². The van der Waals surface area contributed by atoms with Crippen LogP contribution in [0, 0.1) is 0 Å². The maximum atomic E-state index is 11.2. The smallest absolute Gasteiger partial charge is 0.158 e. The highest BCUT2D eigenvalue weighted by Gasteiger charge is 2.15. The molecule has 1 rings (SSSR count). The topological polar surface area (TPSA) is 17.1 Å². The van der Waals surface area contributed by atoms with Gasteiger partial charge in [-0.3, -0.25) is 4.79 Å². The summed E-state index contributed by atoms with van der Waals surface area (Å²) in [6.45, 7) is 4.17. The van der Waals surface area contributed by atoms with Gasteiger partial charge in [-0.1, -0.05) is 24.6 Å². The second-order valence-corrected chi connectivity index (χ2v) is 3.30. The van der Waals surface area contributed by atoms with Crippen LogP contribution in [0.25, 0.3) is 0 Å². The van der Waals surface area contributed by atoms with Crippen LogP contribution in [0.2, 0.25) is 0 Å². The van der Waals surface area contributed by atoms with Gasteiger partial charge in [0.05, 0.1) is 0 Å². The van der Waals surface area contributed by atoms with Crippen LogP contribution < -0.4 is 0 Å². The maximum absolute atomic E-state index is 11.2. The molecule has 1 saturated carbocycles. The van der Waals surface area contributed by atoms with Crippen molar-refractivity contribution in [1.82, 2.24) is 0 Å². The first-order valence-corrected chi connectivity index (χ1v) is 4.64.